The van der Waals surface area contributed by atoms with Crippen molar-refractivity contribution in [3.05, 3.63) is 54.4 Å². The van der Waals surface area contributed by atoms with Gasteiger partial charge in [0.15, 0.2) is 6.61 Å². The SMILES string of the molecule is CCOc1ccc(OCC(=O)N2CCCN(C(=O)c3ccc4nc[nH]c4c3)CC2)cc1. The molecule has 8 heteroatoms. The van der Waals surface area contributed by atoms with Gasteiger partial charge in [0.2, 0.25) is 0 Å². The van der Waals surface area contributed by atoms with Crippen LogP contribution in [0.3, 0.4) is 0 Å². The van der Waals surface area contributed by atoms with E-state index in [9.17, 15) is 9.59 Å². The number of imidazole rings is 1. The first-order chi connectivity index (χ1) is 15.1. The Kier molecular flexibility index (Phi) is 6.35. The highest BCUT2D eigenvalue weighted by Gasteiger charge is 2.23. The second-order valence-electron chi connectivity index (χ2n) is 7.35. The van der Waals surface area contributed by atoms with Gasteiger partial charge in [0, 0.05) is 31.7 Å². The summed E-state index contributed by atoms with van der Waals surface area (Å²) in [5.74, 6) is 1.28. The molecule has 0 saturated carbocycles. The highest BCUT2D eigenvalue weighted by atomic mass is 16.5. The van der Waals surface area contributed by atoms with Gasteiger partial charge < -0.3 is 24.3 Å². The number of nitrogens with zero attached hydrogens (tertiary/aromatic N) is 3. The van der Waals surface area contributed by atoms with Crippen molar-refractivity contribution in [3.63, 3.8) is 0 Å². The predicted octanol–water partition coefficient (Wildman–Crippen LogP) is 2.72. The molecule has 1 saturated heterocycles. The normalized spacial score (nSPS) is 14.4. The van der Waals surface area contributed by atoms with Crippen LogP contribution in [0.4, 0.5) is 0 Å². The van der Waals surface area contributed by atoms with E-state index < -0.39 is 0 Å². The van der Waals surface area contributed by atoms with Crippen molar-refractivity contribution in [2.75, 3.05) is 39.4 Å². The lowest BCUT2D eigenvalue weighted by Crippen LogP contribution is -2.39. The van der Waals surface area contributed by atoms with E-state index in [1.165, 1.54) is 0 Å². The molecule has 31 heavy (non-hydrogen) atoms. The summed E-state index contributed by atoms with van der Waals surface area (Å²) in [6.07, 6.45) is 2.34. The zero-order chi connectivity index (χ0) is 21.6. The summed E-state index contributed by atoms with van der Waals surface area (Å²) in [7, 11) is 0. The van der Waals surface area contributed by atoms with E-state index in [1.54, 1.807) is 34.3 Å². The van der Waals surface area contributed by atoms with Crippen LogP contribution in [-0.4, -0.2) is 71.0 Å². The first kappa shape index (κ1) is 20.7. The molecular weight excluding hydrogens is 396 g/mol. The summed E-state index contributed by atoms with van der Waals surface area (Å²) in [5.41, 5.74) is 2.29. The van der Waals surface area contributed by atoms with Crippen LogP contribution in [-0.2, 0) is 4.79 Å². The largest absolute Gasteiger partial charge is 0.494 e. The van der Waals surface area contributed by atoms with Crippen molar-refractivity contribution < 1.29 is 19.1 Å². The number of carbonyl (C=O) groups is 2. The smallest absolute Gasteiger partial charge is 0.260 e. The lowest BCUT2D eigenvalue weighted by atomic mass is 10.1. The van der Waals surface area contributed by atoms with E-state index in [1.807, 2.05) is 31.2 Å². The van der Waals surface area contributed by atoms with Gasteiger partial charge in [0.25, 0.3) is 11.8 Å². The van der Waals surface area contributed by atoms with Gasteiger partial charge in [-0.2, -0.15) is 0 Å². The Hall–Kier alpha value is -3.55. The minimum atomic E-state index is -0.0814. The number of H-pyrrole nitrogens is 1. The Bertz CT molecular complexity index is 1050. The van der Waals surface area contributed by atoms with Crippen molar-refractivity contribution in [2.45, 2.75) is 13.3 Å². The van der Waals surface area contributed by atoms with Gasteiger partial charge in [-0.3, -0.25) is 9.59 Å². The third-order valence-corrected chi connectivity index (χ3v) is 5.30. The lowest BCUT2D eigenvalue weighted by Gasteiger charge is -2.22. The summed E-state index contributed by atoms with van der Waals surface area (Å²) < 4.78 is 11.0. The van der Waals surface area contributed by atoms with E-state index in [4.69, 9.17) is 9.47 Å². The molecule has 1 aliphatic heterocycles. The van der Waals surface area contributed by atoms with Gasteiger partial charge >= 0.3 is 0 Å². The summed E-state index contributed by atoms with van der Waals surface area (Å²) in [4.78, 5) is 36.3. The predicted molar refractivity (Wildman–Crippen MR) is 116 cm³/mol. The number of ether oxygens (including phenoxy) is 2. The van der Waals surface area contributed by atoms with E-state index in [2.05, 4.69) is 9.97 Å². The average molecular weight is 422 g/mol. The summed E-state index contributed by atoms with van der Waals surface area (Å²) in [6, 6.07) is 12.7. The van der Waals surface area contributed by atoms with Crippen LogP contribution in [0.5, 0.6) is 11.5 Å². The van der Waals surface area contributed by atoms with Crippen molar-refractivity contribution in [2.24, 2.45) is 0 Å². The van der Waals surface area contributed by atoms with Gasteiger partial charge in [-0.15, -0.1) is 0 Å². The molecule has 4 rings (SSSR count). The van der Waals surface area contributed by atoms with Crippen LogP contribution in [0.1, 0.15) is 23.7 Å². The second kappa shape index (κ2) is 9.51. The standard InChI is InChI=1S/C23H26N4O4/c1-2-30-18-5-7-19(8-6-18)31-15-22(28)26-10-3-11-27(13-12-26)23(29)17-4-9-20-21(14-17)25-16-24-20/h4-9,14,16H,2-3,10-13,15H2,1H3,(H,24,25). The second-order valence-corrected chi connectivity index (χ2v) is 7.35. The number of aromatic amines is 1. The Morgan fingerprint density at radius 1 is 0.968 bits per heavy atom. The molecule has 1 N–H and O–H groups in total. The van der Waals surface area contributed by atoms with E-state index in [-0.39, 0.29) is 18.4 Å². The molecule has 0 spiro atoms. The van der Waals surface area contributed by atoms with Crippen LogP contribution in [0.25, 0.3) is 11.0 Å². The van der Waals surface area contributed by atoms with Crippen molar-refractivity contribution in [1.29, 1.82) is 0 Å². The fourth-order valence-corrected chi connectivity index (χ4v) is 3.66. The number of aromatic nitrogens is 2. The number of hydrogen-bond donors (Lipinski definition) is 1. The Labute approximate surface area is 180 Å². The topological polar surface area (TPSA) is 87.8 Å². The summed E-state index contributed by atoms with van der Waals surface area (Å²) in [6.45, 7) is 4.70. The maximum atomic E-state index is 12.9. The third-order valence-electron chi connectivity index (χ3n) is 5.30. The van der Waals surface area contributed by atoms with E-state index >= 15 is 0 Å². The highest BCUT2D eigenvalue weighted by molar-refractivity contribution is 5.97. The average Bonchev–Trinajstić information content (AvgIpc) is 3.13. The molecular formula is C23H26N4O4. The first-order valence-corrected chi connectivity index (χ1v) is 10.5. The van der Waals surface area contributed by atoms with Gasteiger partial charge in [0.05, 0.1) is 24.0 Å². The zero-order valence-corrected chi connectivity index (χ0v) is 17.5. The number of rotatable bonds is 6. The molecule has 0 radical (unpaired) electrons. The van der Waals surface area contributed by atoms with E-state index in [0.717, 1.165) is 23.2 Å². The fraction of sp³-hybridized carbons (Fsp3) is 0.348. The molecule has 1 fully saturated rings. The highest BCUT2D eigenvalue weighted by Crippen LogP contribution is 2.18. The van der Waals surface area contributed by atoms with Crippen LogP contribution >= 0.6 is 0 Å². The quantitative estimate of drug-likeness (QED) is 0.660. The molecule has 0 unspecified atom stereocenters. The van der Waals surface area contributed by atoms with Crippen LogP contribution < -0.4 is 9.47 Å². The molecule has 0 bridgehead atoms. The van der Waals surface area contributed by atoms with Crippen LogP contribution in [0, 0.1) is 0 Å². The lowest BCUT2D eigenvalue weighted by molar-refractivity contribution is -0.133. The number of carbonyl (C=O) groups excluding carboxylic acids is 2. The van der Waals surface area contributed by atoms with Gasteiger partial charge in [0.1, 0.15) is 11.5 Å². The Morgan fingerprint density at radius 3 is 2.45 bits per heavy atom. The number of amides is 2. The maximum Gasteiger partial charge on any atom is 0.260 e. The monoisotopic (exact) mass is 422 g/mol. The van der Waals surface area contributed by atoms with E-state index in [0.29, 0.717) is 44.1 Å². The van der Waals surface area contributed by atoms with Crippen LogP contribution in [0.2, 0.25) is 0 Å². The molecule has 0 aliphatic carbocycles. The fourth-order valence-electron chi connectivity index (χ4n) is 3.66. The molecule has 3 aromatic rings. The number of nitrogens with one attached hydrogen (secondary N) is 1. The van der Waals surface area contributed by atoms with Gasteiger partial charge in [-0.25, -0.2) is 4.98 Å². The molecule has 2 heterocycles. The molecule has 8 nitrogen and oxygen atoms in total. The molecule has 2 aromatic carbocycles. The van der Waals surface area contributed by atoms with Crippen molar-refractivity contribution in [3.8, 4) is 11.5 Å². The van der Waals surface area contributed by atoms with Crippen molar-refractivity contribution in [1.82, 2.24) is 19.8 Å². The number of benzene rings is 2. The molecule has 162 valence electrons. The number of hydrogen-bond acceptors (Lipinski definition) is 5. The van der Waals surface area contributed by atoms with Gasteiger partial charge in [-0.1, -0.05) is 0 Å². The Balaban J connectivity index is 1.30. The van der Waals surface area contributed by atoms with Gasteiger partial charge in [-0.05, 0) is 55.8 Å². The minimum Gasteiger partial charge on any atom is -0.494 e. The Morgan fingerprint density at radius 2 is 1.68 bits per heavy atom. The summed E-state index contributed by atoms with van der Waals surface area (Å²) in [5, 5.41) is 0. The van der Waals surface area contributed by atoms with Crippen molar-refractivity contribution >= 4 is 22.8 Å². The minimum absolute atomic E-state index is 0.0293. The maximum absolute atomic E-state index is 12.9. The number of fused-ring (bicyclic) bond motifs is 1. The van der Waals surface area contributed by atoms with Crippen LogP contribution in [0.15, 0.2) is 48.8 Å². The molecule has 2 amide bonds. The zero-order valence-electron chi connectivity index (χ0n) is 17.5. The first-order valence-electron chi connectivity index (χ1n) is 10.5. The summed E-state index contributed by atoms with van der Waals surface area (Å²) >= 11 is 0. The third kappa shape index (κ3) is 4.96. The molecule has 0 atom stereocenters. The molecule has 1 aromatic heterocycles. The molecule has 1 aliphatic rings.